The molecule has 0 aliphatic carbocycles. The average molecular weight is 418 g/mol. The Morgan fingerprint density at radius 2 is 1.65 bits per heavy atom. The number of phenols is 1. The Balaban J connectivity index is 1.40. The quantitative estimate of drug-likeness (QED) is 0.546. The molecule has 1 aliphatic heterocycles. The van der Waals surface area contributed by atoms with Crippen LogP contribution in [-0.4, -0.2) is 42.9 Å². The van der Waals surface area contributed by atoms with Gasteiger partial charge in [0.1, 0.15) is 6.10 Å². The standard InChI is InChI=1S/C27H31NO3/c1-30-26-19-21(14-15-25(26)29)16-18-28-17-8-13-24(20-28)31-27(22-9-4-2-5-10-22)23-11-6-3-7-12-23/h2-7,9-12,14-15,19,24,27,29H,8,13,16-18,20H2,1H3. The molecule has 0 bridgehead atoms. The number of methoxy groups -OCH3 is 1. The van der Waals surface area contributed by atoms with Gasteiger partial charge in [0, 0.05) is 13.1 Å². The molecule has 162 valence electrons. The van der Waals surface area contributed by atoms with E-state index in [1.54, 1.807) is 13.2 Å². The van der Waals surface area contributed by atoms with E-state index < -0.39 is 0 Å². The molecule has 0 spiro atoms. The summed E-state index contributed by atoms with van der Waals surface area (Å²) in [6, 6.07) is 26.6. The van der Waals surface area contributed by atoms with E-state index in [-0.39, 0.29) is 18.0 Å². The van der Waals surface area contributed by atoms with Crippen LogP contribution in [0.2, 0.25) is 0 Å². The van der Waals surface area contributed by atoms with Crippen LogP contribution in [0.5, 0.6) is 11.5 Å². The van der Waals surface area contributed by atoms with Crippen LogP contribution in [0.4, 0.5) is 0 Å². The van der Waals surface area contributed by atoms with Gasteiger partial charge in [0.2, 0.25) is 0 Å². The van der Waals surface area contributed by atoms with E-state index in [4.69, 9.17) is 9.47 Å². The third kappa shape index (κ3) is 5.66. The van der Waals surface area contributed by atoms with Gasteiger partial charge >= 0.3 is 0 Å². The lowest BCUT2D eigenvalue weighted by atomic mass is 10.00. The normalized spacial score (nSPS) is 17.0. The number of rotatable bonds is 8. The monoisotopic (exact) mass is 417 g/mol. The molecule has 0 amide bonds. The van der Waals surface area contributed by atoms with Crippen LogP contribution < -0.4 is 4.74 Å². The molecule has 0 saturated carbocycles. The minimum absolute atomic E-state index is 0.0475. The third-order valence-electron chi connectivity index (χ3n) is 5.96. The van der Waals surface area contributed by atoms with Crippen molar-refractivity contribution in [1.82, 2.24) is 4.90 Å². The number of likely N-dealkylation sites (tertiary alicyclic amines) is 1. The first-order valence-corrected chi connectivity index (χ1v) is 11.1. The highest BCUT2D eigenvalue weighted by Crippen LogP contribution is 2.30. The predicted molar refractivity (Wildman–Crippen MR) is 124 cm³/mol. The predicted octanol–water partition coefficient (Wildman–Crippen LogP) is 5.21. The molecule has 1 saturated heterocycles. The first-order valence-electron chi connectivity index (χ1n) is 11.1. The maximum atomic E-state index is 9.81. The Bertz CT molecular complexity index is 906. The van der Waals surface area contributed by atoms with E-state index in [0.29, 0.717) is 5.75 Å². The molecule has 1 aliphatic rings. The smallest absolute Gasteiger partial charge is 0.160 e. The largest absolute Gasteiger partial charge is 0.504 e. The molecule has 0 aromatic heterocycles. The molecule has 1 N–H and O–H groups in total. The fourth-order valence-corrected chi connectivity index (χ4v) is 4.29. The summed E-state index contributed by atoms with van der Waals surface area (Å²) in [5.41, 5.74) is 3.56. The number of benzene rings is 3. The molecule has 3 aromatic rings. The topological polar surface area (TPSA) is 41.9 Å². The molecule has 1 unspecified atom stereocenters. The van der Waals surface area contributed by atoms with Crippen molar-refractivity contribution in [1.29, 1.82) is 0 Å². The fraction of sp³-hybridized carbons (Fsp3) is 0.333. The summed E-state index contributed by atoms with van der Waals surface area (Å²) in [5.74, 6) is 0.719. The number of hydrogen-bond donors (Lipinski definition) is 1. The molecule has 4 nitrogen and oxygen atoms in total. The summed E-state index contributed by atoms with van der Waals surface area (Å²) in [7, 11) is 1.58. The van der Waals surface area contributed by atoms with E-state index in [1.165, 1.54) is 16.7 Å². The average Bonchev–Trinajstić information content (AvgIpc) is 2.83. The zero-order valence-corrected chi connectivity index (χ0v) is 18.1. The van der Waals surface area contributed by atoms with E-state index in [1.807, 2.05) is 24.3 Å². The molecule has 3 aromatic carbocycles. The van der Waals surface area contributed by atoms with Crippen molar-refractivity contribution in [2.45, 2.75) is 31.5 Å². The van der Waals surface area contributed by atoms with Crippen LogP contribution in [0, 0.1) is 0 Å². The Labute approximate surface area is 185 Å². The number of hydrogen-bond acceptors (Lipinski definition) is 4. The number of piperidine rings is 1. The second kappa shape index (κ2) is 10.5. The Hall–Kier alpha value is -2.82. The number of phenolic OH excluding ortho intramolecular Hbond substituents is 1. The van der Waals surface area contributed by atoms with E-state index in [2.05, 4.69) is 53.4 Å². The highest BCUT2D eigenvalue weighted by Gasteiger charge is 2.25. The first-order chi connectivity index (χ1) is 15.2. The second-order valence-corrected chi connectivity index (χ2v) is 8.16. The van der Waals surface area contributed by atoms with Crippen molar-refractivity contribution < 1.29 is 14.6 Å². The van der Waals surface area contributed by atoms with Crippen molar-refractivity contribution >= 4 is 0 Å². The number of aromatic hydroxyl groups is 1. The molecule has 0 radical (unpaired) electrons. The van der Waals surface area contributed by atoms with Gasteiger partial charge in [-0.05, 0) is 54.6 Å². The lowest BCUT2D eigenvalue weighted by Gasteiger charge is -2.35. The van der Waals surface area contributed by atoms with Crippen LogP contribution >= 0.6 is 0 Å². The third-order valence-corrected chi connectivity index (χ3v) is 5.96. The summed E-state index contributed by atoms with van der Waals surface area (Å²) < 4.78 is 11.9. The summed E-state index contributed by atoms with van der Waals surface area (Å²) in [4.78, 5) is 2.49. The Kier molecular flexibility index (Phi) is 7.23. The van der Waals surface area contributed by atoms with E-state index in [0.717, 1.165) is 38.9 Å². The zero-order chi connectivity index (χ0) is 21.5. The van der Waals surface area contributed by atoms with Gasteiger partial charge in [-0.25, -0.2) is 0 Å². The van der Waals surface area contributed by atoms with Gasteiger partial charge < -0.3 is 19.5 Å². The van der Waals surface area contributed by atoms with Crippen molar-refractivity contribution in [3.05, 3.63) is 95.6 Å². The van der Waals surface area contributed by atoms with Crippen molar-refractivity contribution in [2.24, 2.45) is 0 Å². The molecule has 1 heterocycles. The highest BCUT2D eigenvalue weighted by molar-refractivity contribution is 5.41. The minimum Gasteiger partial charge on any atom is -0.504 e. The van der Waals surface area contributed by atoms with Gasteiger partial charge in [0.05, 0.1) is 13.2 Å². The van der Waals surface area contributed by atoms with Crippen LogP contribution in [-0.2, 0) is 11.2 Å². The molecular formula is C27H31NO3. The maximum absolute atomic E-state index is 9.81. The van der Waals surface area contributed by atoms with Crippen LogP contribution in [0.25, 0.3) is 0 Å². The summed E-state index contributed by atoms with van der Waals surface area (Å²) in [6.45, 7) is 3.00. The number of nitrogens with zero attached hydrogens (tertiary/aromatic N) is 1. The van der Waals surface area contributed by atoms with Gasteiger partial charge in [-0.1, -0.05) is 66.7 Å². The molecule has 4 heteroatoms. The Morgan fingerprint density at radius 3 is 2.29 bits per heavy atom. The molecule has 4 rings (SSSR count). The lowest BCUT2D eigenvalue weighted by Crippen LogP contribution is -2.41. The molecule has 1 fully saturated rings. The SMILES string of the molecule is COc1cc(CCN2CCCC(OC(c3ccccc3)c3ccccc3)C2)ccc1O. The highest BCUT2D eigenvalue weighted by atomic mass is 16.5. The summed E-state index contributed by atoms with van der Waals surface area (Å²) in [6.07, 6.45) is 3.30. The van der Waals surface area contributed by atoms with Crippen molar-refractivity contribution in [2.75, 3.05) is 26.7 Å². The van der Waals surface area contributed by atoms with Crippen molar-refractivity contribution in [3.63, 3.8) is 0 Å². The van der Waals surface area contributed by atoms with Crippen LogP contribution in [0.15, 0.2) is 78.9 Å². The molecular weight excluding hydrogens is 386 g/mol. The van der Waals surface area contributed by atoms with Gasteiger partial charge in [-0.3, -0.25) is 0 Å². The van der Waals surface area contributed by atoms with Gasteiger partial charge in [0.15, 0.2) is 11.5 Å². The first kappa shape index (κ1) is 21.4. The maximum Gasteiger partial charge on any atom is 0.160 e. The van der Waals surface area contributed by atoms with E-state index in [9.17, 15) is 5.11 Å². The van der Waals surface area contributed by atoms with Crippen LogP contribution in [0.3, 0.4) is 0 Å². The summed E-state index contributed by atoms with van der Waals surface area (Å²) >= 11 is 0. The number of ether oxygens (including phenoxy) is 2. The van der Waals surface area contributed by atoms with E-state index >= 15 is 0 Å². The zero-order valence-electron chi connectivity index (χ0n) is 18.1. The minimum atomic E-state index is -0.0475. The second-order valence-electron chi connectivity index (χ2n) is 8.16. The molecule has 31 heavy (non-hydrogen) atoms. The lowest BCUT2D eigenvalue weighted by molar-refractivity contribution is -0.0330. The van der Waals surface area contributed by atoms with Crippen molar-refractivity contribution in [3.8, 4) is 11.5 Å². The summed E-state index contributed by atoms with van der Waals surface area (Å²) in [5, 5.41) is 9.81. The molecule has 1 atom stereocenters. The van der Waals surface area contributed by atoms with Crippen LogP contribution in [0.1, 0.15) is 35.6 Å². The Morgan fingerprint density at radius 1 is 0.968 bits per heavy atom. The van der Waals surface area contributed by atoms with Gasteiger partial charge in [-0.15, -0.1) is 0 Å². The van der Waals surface area contributed by atoms with Gasteiger partial charge in [-0.2, -0.15) is 0 Å². The fourth-order valence-electron chi connectivity index (χ4n) is 4.29. The van der Waals surface area contributed by atoms with Gasteiger partial charge in [0.25, 0.3) is 0 Å².